The molecule has 27 heavy (non-hydrogen) atoms. The monoisotopic (exact) mass is 362 g/mol. The number of nitrogens with one attached hydrogen (secondary N) is 1. The molecule has 1 atom stereocenters. The summed E-state index contributed by atoms with van der Waals surface area (Å²) >= 11 is 0. The second-order valence-electron chi connectivity index (χ2n) is 6.61. The van der Waals surface area contributed by atoms with Gasteiger partial charge in [-0.2, -0.15) is 4.98 Å². The lowest BCUT2D eigenvalue weighted by atomic mass is 10.1. The molecule has 1 saturated heterocycles. The first-order valence-corrected chi connectivity index (χ1v) is 9.31. The zero-order valence-corrected chi connectivity index (χ0v) is 15.3. The maximum Gasteiger partial charge on any atom is 0.322 e. The number of nitrogens with zero attached hydrogens (tertiary/aromatic N) is 3. The number of carbonyl (C=O) groups excluding carboxylic acids is 1. The Kier molecular flexibility index (Phi) is 4.87. The van der Waals surface area contributed by atoms with Crippen molar-refractivity contribution in [2.24, 2.45) is 0 Å². The number of benzene rings is 2. The summed E-state index contributed by atoms with van der Waals surface area (Å²) in [6, 6.07) is 17.3. The number of carbonyl (C=O) groups is 1. The molecule has 2 aromatic carbocycles. The van der Waals surface area contributed by atoms with Crippen LogP contribution < -0.4 is 5.32 Å². The van der Waals surface area contributed by atoms with Crippen molar-refractivity contribution in [1.29, 1.82) is 0 Å². The van der Waals surface area contributed by atoms with E-state index in [0.29, 0.717) is 18.3 Å². The average Bonchev–Trinajstić information content (AvgIpc) is 3.38. The van der Waals surface area contributed by atoms with E-state index in [1.54, 1.807) is 4.90 Å². The highest BCUT2D eigenvalue weighted by Crippen LogP contribution is 2.32. The molecule has 1 fully saturated rings. The van der Waals surface area contributed by atoms with E-state index in [1.165, 1.54) is 0 Å². The van der Waals surface area contributed by atoms with Crippen LogP contribution in [0.5, 0.6) is 0 Å². The molecule has 1 aliphatic heterocycles. The van der Waals surface area contributed by atoms with Crippen LogP contribution in [-0.4, -0.2) is 27.6 Å². The van der Waals surface area contributed by atoms with Crippen LogP contribution in [-0.2, 0) is 6.42 Å². The van der Waals surface area contributed by atoms with Gasteiger partial charge in [0.05, 0.1) is 0 Å². The van der Waals surface area contributed by atoms with E-state index in [4.69, 9.17) is 4.52 Å². The summed E-state index contributed by atoms with van der Waals surface area (Å²) in [5, 5.41) is 7.13. The Morgan fingerprint density at radius 1 is 1.19 bits per heavy atom. The van der Waals surface area contributed by atoms with Gasteiger partial charge in [-0.3, -0.25) is 0 Å². The fourth-order valence-corrected chi connectivity index (χ4v) is 3.48. The van der Waals surface area contributed by atoms with Crippen molar-refractivity contribution in [2.45, 2.75) is 32.2 Å². The number of amides is 2. The third kappa shape index (κ3) is 3.56. The molecule has 0 bridgehead atoms. The summed E-state index contributed by atoms with van der Waals surface area (Å²) in [5.74, 6) is 1.04. The van der Waals surface area contributed by atoms with Gasteiger partial charge in [-0.05, 0) is 30.9 Å². The fourth-order valence-electron chi connectivity index (χ4n) is 3.48. The quantitative estimate of drug-likeness (QED) is 0.732. The molecule has 6 nitrogen and oxygen atoms in total. The number of aryl methyl sites for hydroxylation is 1. The van der Waals surface area contributed by atoms with Crippen molar-refractivity contribution < 1.29 is 9.32 Å². The maximum atomic E-state index is 12.9. The standard InChI is InChI=1S/C21H22N4O2/c1-2-15-9-6-7-12-17(15)22-21(26)25-14-8-13-18(25)20-23-19(24-27-20)16-10-4-3-5-11-16/h3-7,9-12,18H,2,8,13-14H2,1H3,(H,22,26)/t18-/m0/s1. The largest absolute Gasteiger partial charge is 0.337 e. The van der Waals surface area contributed by atoms with Crippen LogP contribution in [0, 0.1) is 0 Å². The Hall–Kier alpha value is -3.15. The number of hydrogen-bond donors (Lipinski definition) is 1. The van der Waals surface area contributed by atoms with Crippen LogP contribution in [0.2, 0.25) is 0 Å². The van der Waals surface area contributed by atoms with Crippen molar-refractivity contribution in [3.8, 4) is 11.4 Å². The van der Waals surface area contributed by atoms with Crippen molar-refractivity contribution in [3.05, 3.63) is 66.1 Å². The Labute approximate surface area is 158 Å². The Balaban J connectivity index is 1.52. The number of anilines is 1. The molecule has 138 valence electrons. The van der Waals surface area contributed by atoms with Crippen LogP contribution in [0.1, 0.15) is 37.3 Å². The predicted octanol–water partition coefficient (Wildman–Crippen LogP) is 4.67. The third-order valence-corrected chi connectivity index (χ3v) is 4.91. The van der Waals surface area contributed by atoms with Gasteiger partial charge in [0.1, 0.15) is 6.04 Å². The molecule has 1 aliphatic rings. The van der Waals surface area contributed by atoms with Gasteiger partial charge in [-0.15, -0.1) is 0 Å². The zero-order valence-electron chi connectivity index (χ0n) is 15.3. The molecule has 1 N–H and O–H groups in total. The fraction of sp³-hybridized carbons (Fsp3) is 0.286. The highest BCUT2D eigenvalue weighted by molar-refractivity contribution is 5.90. The number of hydrogen-bond acceptors (Lipinski definition) is 4. The molecule has 3 aromatic rings. The molecule has 2 amide bonds. The topological polar surface area (TPSA) is 71.3 Å². The summed E-state index contributed by atoms with van der Waals surface area (Å²) in [7, 11) is 0. The van der Waals surface area contributed by atoms with E-state index in [2.05, 4.69) is 22.4 Å². The summed E-state index contributed by atoms with van der Waals surface area (Å²) in [5.41, 5.74) is 2.87. The van der Waals surface area contributed by atoms with E-state index in [9.17, 15) is 4.79 Å². The highest BCUT2D eigenvalue weighted by Gasteiger charge is 2.34. The van der Waals surface area contributed by atoms with Gasteiger partial charge in [-0.1, -0.05) is 60.6 Å². The SMILES string of the molecule is CCc1ccccc1NC(=O)N1CCC[C@H]1c1nc(-c2ccccc2)no1. The molecule has 0 spiro atoms. The second kappa shape index (κ2) is 7.61. The third-order valence-electron chi connectivity index (χ3n) is 4.91. The predicted molar refractivity (Wildman–Crippen MR) is 103 cm³/mol. The Bertz CT molecular complexity index is 923. The minimum absolute atomic E-state index is 0.127. The van der Waals surface area contributed by atoms with Crippen LogP contribution in [0.25, 0.3) is 11.4 Å². The zero-order chi connectivity index (χ0) is 18.6. The second-order valence-corrected chi connectivity index (χ2v) is 6.61. The smallest absolute Gasteiger partial charge is 0.322 e. The minimum atomic E-state index is -0.191. The first kappa shape index (κ1) is 17.3. The van der Waals surface area contributed by atoms with E-state index in [1.807, 2.05) is 54.6 Å². The average molecular weight is 362 g/mol. The minimum Gasteiger partial charge on any atom is -0.337 e. The number of rotatable bonds is 4. The molecule has 4 rings (SSSR count). The van der Waals surface area contributed by atoms with E-state index >= 15 is 0 Å². The first-order valence-electron chi connectivity index (χ1n) is 9.31. The van der Waals surface area contributed by atoms with E-state index < -0.39 is 0 Å². The van der Waals surface area contributed by atoms with Gasteiger partial charge in [0.25, 0.3) is 0 Å². The lowest BCUT2D eigenvalue weighted by Crippen LogP contribution is -2.34. The number of likely N-dealkylation sites (tertiary alicyclic amines) is 1. The summed E-state index contributed by atoms with van der Waals surface area (Å²) in [6.45, 7) is 2.75. The molecule has 1 aromatic heterocycles. The lowest BCUT2D eigenvalue weighted by Gasteiger charge is -2.23. The van der Waals surface area contributed by atoms with Gasteiger partial charge < -0.3 is 14.7 Å². The molecular weight excluding hydrogens is 340 g/mol. The number of urea groups is 1. The van der Waals surface area contributed by atoms with Gasteiger partial charge in [0.15, 0.2) is 0 Å². The van der Waals surface area contributed by atoms with Gasteiger partial charge in [-0.25, -0.2) is 4.79 Å². The highest BCUT2D eigenvalue weighted by atomic mass is 16.5. The molecule has 6 heteroatoms. The maximum absolute atomic E-state index is 12.9. The van der Waals surface area contributed by atoms with Gasteiger partial charge in [0.2, 0.25) is 11.7 Å². The first-order chi connectivity index (χ1) is 13.3. The normalized spacial score (nSPS) is 16.5. The van der Waals surface area contributed by atoms with Crippen molar-refractivity contribution >= 4 is 11.7 Å². The van der Waals surface area contributed by atoms with Crippen LogP contribution in [0.3, 0.4) is 0 Å². The van der Waals surface area contributed by atoms with E-state index in [-0.39, 0.29) is 12.1 Å². The molecule has 2 heterocycles. The van der Waals surface area contributed by atoms with Gasteiger partial charge >= 0.3 is 6.03 Å². The summed E-state index contributed by atoms with van der Waals surface area (Å²) < 4.78 is 5.50. The van der Waals surface area contributed by atoms with Crippen molar-refractivity contribution in [2.75, 3.05) is 11.9 Å². The van der Waals surface area contributed by atoms with Crippen molar-refractivity contribution in [1.82, 2.24) is 15.0 Å². The van der Waals surface area contributed by atoms with Crippen LogP contribution in [0.15, 0.2) is 59.1 Å². The Morgan fingerprint density at radius 3 is 2.78 bits per heavy atom. The Morgan fingerprint density at radius 2 is 1.96 bits per heavy atom. The van der Waals surface area contributed by atoms with Crippen LogP contribution in [0.4, 0.5) is 10.5 Å². The molecular formula is C21H22N4O2. The van der Waals surface area contributed by atoms with Crippen molar-refractivity contribution in [3.63, 3.8) is 0 Å². The summed E-state index contributed by atoms with van der Waals surface area (Å²) in [4.78, 5) is 19.2. The van der Waals surface area contributed by atoms with Gasteiger partial charge in [0, 0.05) is 17.8 Å². The van der Waals surface area contributed by atoms with Crippen LogP contribution >= 0.6 is 0 Å². The molecule has 0 radical (unpaired) electrons. The number of para-hydroxylation sites is 1. The number of aromatic nitrogens is 2. The molecule has 0 unspecified atom stereocenters. The van der Waals surface area contributed by atoms with E-state index in [0.717, 1.165) is 36.1 Å². The molecule has 0 aliphatic carbocycles. The lowest BCUT2D eigenvalue weighted by molar-refractivity contribution is 0.193. The summed E-state index contributed by atoms with van der Waals surface area (Å²) in [6.07, 6.45) is 2.60. The molecule has 0 saturated carbocycles.